The van der Waals surface area contributed by atoms with Crippen LogP contribution in [0.2, 0.25) is 0 Å². The number of alkyl carbamates (subject to hydrolysis) is 1. The Bertz CT molecular complexity index is 986. The molecule has 0 bridgehead atoms. The summed E-state index contributed by atoms with van der Waals surface area (Å²) in [7, 11) is 0. The number of amides is 2. The maximum absolute atomic E-state index is 12.2. The molecule has 2 aromatic rings. The third kappa shape index (κ3) is 6.41. The highest BCUT2D eigenvalue weighted by Gasteiger charge is 2.36. The van der Waals surface area contributed by atoms with Crippen LogP contribution in [0.15, 0.2) is 48.5 Å². The van der Waals surface area contributed by atoms with E-state index in [0.717, 1.165) is 19.3 Å². The van der Waals surface area contributed by atoms with Crippen LogP contribution in [-0.2, 0) is 14.3 Å². The molecule has 0 unspecified atom stereocenters. The lowest BCUT2D eigenvalue weighted by Crippen LogP contribution is -2.53. The molecule has 7 heteroatoms. The number of benzene rings is 2. The first-order valence-corrected chi connectivity index (χ1v) is 12.5. The van der Waals surface area contributed by atoms with E-state index in [1.807, 2.05) is 24.3 Å². The van der Waals surface area contributed by atoms with Gasteiger partial charge >= 0.3 is 12.1 Å². The van der Waals surface area contributed by atoms with Crippen molar-refractivity contribution in [3.05, 3.63) is 59.7 Å². The molecule has 3 rings (SSSR count). The van der Waals surface area contributed by atoms with E-state index in [2.05, 4.69) is 34.9 Å². The number of ether oxygens (including phenoxy) is 1. The number of carboxylic acids is 1. The second-order valence-corrected chi connectivity index (χ2v) is 9.06. The van der Waals surface area contributed by atoms with Crippen molar-refractivity contribution in [2.75, 3.05) is 13.2 Å². The number of unbranched alkanes of at least 4 members (excludes halogenated alkanes) is 3. The maximum atomic E-state index is 12.2. The molecule has 0 saturated carbocycles. The van der Waals surface area contributed by atoms with Crippen LogP contribution in [0.25, 0.3) is 11.1 Å². The second-order valence-electron chi connectivity index (χ2n) is 9.06. The molecule has 3 N–H and O–H groups in total. The molecule has 0 aliphatic heterocycles. The van der Waals surface area contributed by atoms with Gasteiger partial charge in [0.05, 0.1) is 0 Å². The molecule has 188 valence electrons. The topological polar surface area (TPSA) is 105 Å². The van der Waals surface area contributed by atoms with E-state index >= 15 is 0 Å². The van der Waals surface area contributed by atoms with Crippen LogP contribution in [0.5, 0.6) is 0 Å². The van der Waals surface area contributed by atoms with E-state index in [1.54, 1.807) is 13.8 Å². The quantitative estimate of drug-likeness (QED) is 0.340. The number of hydrogen-bond acceptors (Lipinski definition) is 4. The largest absolute Gasteiger partial charge is 0.480 e. The summed E-state index contributed by atoms with van der Waals surface area (Å²) in [5, 5.41) is 14.9. The Balaban J connectivity index is 1.32. The van der Waals surface area contributed by atoms with E-state index < -0.39 is 17.6 Å². The van der Waals surface area contributed by atoms with E-state index in [1.165, 1.54) is 22.3 Å². The average molecular weight is 481 g/mol. The summed E-state index contributed by atoms with van der Waals surface area (Å²) in [4.78, 5) is 35.9. The average Bonchev–Trinajstić information content (AvgIpc) is 3.19. The summed E-state index contributed by atoms with van der Waals surface area (Å²) >= 11 is 0. The highest BCUT2D eigenvalue weighted by Crippen LogP contribution is 2.44. The number of nitrogens with one attached hydrogen (secondary N) is 2. The Morgan fingerprint density at radius 1 is 0.886 bits per heavy atom. The van der Waals surface area contributed by atoms with Crippen LogP contribution in [0.3, 0.4) is 0 Å². The zero-order valence-corrected chi connectivity index (χ0v) is 20.6. The highest BCUT2D eigenvalue weighted by atomic mass is 16.5. The van der Waals surface area contributed by atoms with Crippen LogP contribution in [0.4, 0.5) is 4.79 Å². The van der Waals surface area contributed by atoms with E-state index in [-0.39, 0.29) is 11.8 Å². The number of aliphatic carboxylic acids is 1. The van der Waals surface area contributed by atoms with Crippen molar-refractivity contribution in [2.45, 2.75) is 70.3 Å². The minimum absolute atomic E-state index is 0.0413. The van der Waals surface area contributed by atoms with Crippen molar-refractivity contribution in [3.8, 4) is 11.1 Å². The fraction of sp³-hybridized carbons (Fsp3) is 0.464. The number of carboxylic acid groups (broad SMARTS) is 1. The molecule has 1 aliphatic carbocycles. The zero-order valence-electron chi connectivity index (χ0n) is 20.6. The molecule has 0 radical (unpaired) electrons. The van der Waals surface area contributed by atoms with Gasteiger partial charge in [-0.3, -0.25) is 4.79 Å². The molecule has 7 nitrogen and oxygen atoms in total. The Hall–Kier alpha value is -3.35. The van der Waals surface area contributed by atoms with Crippen LogP contribution < -0.4 is 10.6 Å². The van der Waals surface area contributed by atoms with Gasteiger partial charge in [-0.1, -0.05) is 75.2 Å². The predicted molar refractivity (Wildman–Crippen MR) is 135 cm³/mol. The van der Waals surface area contributed by atoms with Crippen LogP contribution in [0.1, 0.15) is 75.8 Å². The zero-order chi connectivity index (χ0) is 25.3. The molecule has 35 heavy (non-hydrogen) atoms. The van der Waals surface area contributed by atoms with Gasteiger partial charge in [0.2, 0.25) is 5.91 Å². The van der Waals surface area contributed by atoms with Gasteiger partial charge in [0.25, 0.3) is 0 Å². The molecule has 0 heterocycles. The van der Waals surface area contributed by atoms with Crippen molar-refractivity contribution in [3.63, 3.8) is 0 Å². The summed E-state index contributed by atoms with van der Waals surface area (Å²) in [6, 6.07) is 16.5. The van der Waals surface area contributed by atoms with E-state index in [4.69, 9.17) is 4.74 Å². The lowest BCUT2D eigenvalue weighted by atomic mass is 9.92. The summed E-state index contributed by atoms with van der Waals surface area (Å²) in [6.07, 6.45) is 3.75. The first-order valence-electron chi connectivity index (χ1n) is 12.5. The van der Waals surface area contributed by atoms with Crippen molar-refractivity contribution in [1.82, 2.24) is 10.6 Å². The Morgan fingerprint density at radius 3 is 2.03 bits per heavy atom. The predicted octanol–water partition coefficient (Wildman–Crippen LogP) is 5.24. The standard InChI is InChI=1S/C28H36N2O5/c1-3-28(4-2,26(32)33)30-25(31)17-7-5-6-12-18-29-27(34)35-19-24-22-15-10-8-13-20(22)21-14-9-11-16-23(21)24/h8-11,13-16,24H,3-7,12,17-19H2,1-2H3,(H,29,34)(H,30,31)(H,32,33). The maximum Gasteiger partial charge on any atom is 0.407 e. The van der Waals surface area contributed by atoms with Gasteiger partial charge in [0.1, 0.15) is 12.1 Å². The van der Waals surface area contributed by atoms with Gasteiger partial charge in [-0.05, 0) is 47.9 Å². The summed E-state index contributed by atoms with van der Waals surface area (Å²) in [6.45, 7) is 4.34. The van der Waals surface area contributed by atoms with Gasteiger partial charge < -0.3 is 20.5 Å². The molecule has 0 aromatic heterocycles. The van der Waals surface area contributed by atoms with Gasteiger partial charge in [-0.2, -0.15) is 0 Å². The molecular weight excluding hydrogens is 444 g/mol. The van der Waals surface area contributed by atoms with Crippen LogP contribution in [-0.4, -0.2) is 41.8 Å². The van der Waals surface area contributed by atoms with Crippen LogP contribution in [0, 0.1) is 0 Å². The molecule has 1 aliphatic rings. The van der Waals surface area contributed by atoms with Crippen molar-refractivity contribution < 1.29 is 24.2 Å². The number of rotatable bonds is 13. The van der Waals surface area contributed by atoms with E-state index in [9.17, 15) is 19.5 Å². The van der Waals surface area contributed by atoms with Crippen LogP contribution >= 0.6 is 0 Å². The van der Waals surface area contributed by atoms with Gasteiger partial charge in [0, 0.05) is 18.9 Å². The number of fused-ring (bicyclic) bond motifs is 3. The van der Waals surface area contributed by atoms with Crippen molar-refractivity contribution in [2.24, 2.45) is 0 Å². The molecule has 0 spiro atoms. The minimum Gasteiger partial charge on any atom is -0.480 e. The monoisotopic (exact) mass is 480 g/mol. The molecule has 0 atom stereocenters. The Morgan fingerprint density at radius 2 is 1.46 bits per heavy atom. The molecular formula is C28H36N2O5. The Labute approximate surface area is 207 Å². The Kier molecular flexibility index (Phi) is 9.29. The highest BCUT2D eigenvalue weighted by molar-refractivity contribution is 5.87. The third-order valence-corrected chi connectivity index (χ3v) is 6.94. The summed E-state index contributed by atoms with van der Waals surface area (Å²) in [5.41, 5.74) is 3.59. The number of carbonyl (C=O) groups is 3. The lowest BCUT2D eigenvalue weighted by molar-refractivity contribution is -0.148. The number of carbonyl (C=O) groups excluding carboxylic acids is 2. The summed E-state index contributed by atoms with van der Waals surface area (Å²) < 4.78 is 5.53. The summed E-state index contributed by atoms with van der Waals surface area (Å²) in [5.74, 6) is -1.18. The van der Waals surface area contributed by atoms with Crippen molar-refractivity contribution in [1.29, 1.82) is 0 Å². The smallest absolute Gasteiger partial charge is 0.407 e. The van der Waals surface area contributed by atoms with Gasteiger partial charge in [-0.15, -0.1) is 0 Å². The SMILES string of the molecule is CCC(CC)(NC(=O)CCCCCCNC(=O)OCC1c2ccccc2-c2ccccc21)C(=O)O. The molecule has 0 saturated heterocycles. The molecule has 0 fully saturated rings. The first kappa shape index (κ1) is 26.3. The first-order chi connectivity index (χ1) is 16.9. The fourth-order valence-electron chi connectivity index (χ4n) is 4.72. The van der Waals surface area contributed by atoms with Crippen molar-refractivity contribution >= 4 is 18.0 Å². The van der Waals surface area contributed by atoms with Gasteiger partial charge in [0.15, 0.2) is 0 Å². The normalized spacial score (nSPS) is 12.5. The second kappa shape index (κ2) is 12.4. The molecule has 2 amide bonds. The minimum atomic E-state index is -1.18. The van der Waals surface area contributed by atoms with E-state index in [0.29, 0.717) is 38.8 Å². The molecule has 2 aromatic carbocycles. The fourth-order valence-corrected chi connectivity index (χ4v) is 4.72. The number of hydrogen-bond donors (Lipinski definition) is 3. The lowest BCUT2D eigenvalue weighted by Gasteiger charge is -2.28. The van der Waals surface area contributed by atoms with Gasteiger partial charge in [-0.25, -0.2) is 9.59 Å². The third-order valence-electron chi connectivity index (χ3n) is 6.94.